The monoisotopic (exact) mass is 276 g/mol. The van der Waals surface area contributed by atoms with Crippen LogP contribution in [0.25, 0.3) is 0 Å². The normalized spacial score (nSPS) is 23.8. The van der Waals surface area contributed by atoms with Crippen molar-refractivity contribution in [3.63, 3.8) is 0 Å². The predicted molar refractivity (Wildman–Crippen MR) is 83.7 cm³/mol. The molecule has 0 bridgehead atoms. The van der Waals surface area contributed by atoms with Crippen LogP contribution in [0.2, 0.25) is 0 Å². The SMILES string of the molecule is CC(CN(C)C1CCCN(C)C1)C(O)c1ccccc1. The van der Waals surface area contributed by atoms with Crippen LogP contribution in [-0.4, -0.2) is 54.7 Å². The molecule has 1 N–H and O–H groups in total. The Balaban J connectivity index is 1.88. The molecule has 0 amide bonds. The minimum atomic E-state index is -0.375. The van der Waals surface area contributed by atoms with Crippen molar-refractivity contribution in [2.24, 2.45) is 5.92 Å². The molecular weight excluding hydrogens is 248 g/mol. The fourth-order valence-electron chi connectivity index (χ4n) is 3.18. The Morgan fingerprint density at radius 2 is 2.05 bits per heavy atom. The molecule has 1 aliphatic rings. The summed E-state index contributed by atoms with van der Waals surface area (Å²) in [5.41, 5.74) is 1.02. The van der Waals surface area contributed by atoms with Gasteiger partial charge in [-0.1, -0.05) is 37.3 Å². The molecule has 1 aromatic rings. The second-order valence-electron chi connectivity index (χ2n) is 6.33. The van der Waals surface area contributed by atoms with Crippen LogP contribution in [-0.2, 0) is 0 Å². The largest absolute Gasteiger partial charge is 0.388 e. The fourth-order valence-corrected chi connectivity index (χ4v) is 3.18. The standard InChI is InChI=1S/C17H28N2O/c1-14(17(20)15-8-5-4-6-9-15)12-19(3)16-10-7-11-18(2)13-16/h4-6,8-9,14,16-17,20H,7,10-13H2,1-3H3. The Kier molecular flexibility index (Phi) is 5.58. The molecule has 1 saturated heterocycles. The maximum absolute atomic E-state index is 10.5. The van der Waals surface area contributed by atoms with E-state index in [0.29, 0.717) is 6.04 Å². The van der Waals surface area contributed by atoms with E-state index in [1.165, 1.54) is 19.4 Å². The fraction of sp³-hybridized carbons (Fsp3) is 0.647. The van der Waals surface area contributed by atoms with Crippen LogP contribution in [0.3, 0.4) is 0 Å². The first-order valence-corrected chi connectivity index (χ1v) is 7.69. The highest BCUT2D eigenvalue weighted by Crippen LogP contribution is 2.23. The van der Waals surface area contributed by atoms with E-state index in [9.17, 15) is 5.11 Å². The lowest BCUT2D eigenvalue weighted by atomic mass is 9.95. The van der Waals surface area contributed by atoms with Crippen molar-refractivity contribution in [1.29, 1.82) is 0 Å². The van der Waals surface area contributed by atoms with Crippen LogP contribution < -0.4 is 0 Å². The molecule has 3 nitrogen and oxygen atoms in total. The van der Waals surface area contributed by atoms with Gasteiger partial charge in [-0.05, 0) is 45.0 Å². The third kappa shape index (κ3) is 4.05. The summed E-state index contributed by atoms with van der Waals surface area (Å²) in [7, 11) is 4.39. The number of nitrogens with zero attached hydrogens (tertiary/aromatic N) is 2. The van der Waals surface area contributed by atoms with Gasteiger partial charge in [-0.2, -0.15) is 0 Å². The van der Waals surface area contributed by atoms with Gasteiger partial charge in [-0.25, -0.2) is 0 Å². The highest BCUT2D eigenvalue weighted by atomic mass is 16.3. The van der Waals surface area contributed by atoms with Crippen molar-refractivity contribution in [2.45, 2.75) is 31.9 Å². The van der Waals surface area contributed by atoms with E-state index in [4.69, 9.17) is 0 Å². The van der Waals surface area contributed by atoms with Gasteiger partial charge in [0.15, 0.2) is 0 Å². The summed E-state index contributed by atoms with van der Waals surface area (Å²) >= 11 is 0. The first-order valence-electron chi connectivity index (χ1n) is 7.69. The molecule has 1 heterocycles. The Morgan fingerprint density at radius 1 is 1.35 bits per heavy atom. The molecule has 3 atom stereocenters. The second kappa shape index (κ2) is 7.21. The highest BCUT2D eigenvalue weighted by Gasteiger charge is 2.24. The minimum absolute atomic E-state index is 0.245. The first kappa shape index (κ1) is 15.5. The van der Waals surface area contributed by atoms with E-state index in [1.807, 2.05) is 30.3 Å². The maximum atomic E-state index is 10.5. The van der Waals surface area contributed by atoms with Gasteiger partial charge in [0, 0.05) is 19.1 Å². The number of aliphatic hydroxyl groups excluding tert-OH is 1. The Bertz CT molecular complexity index is 395. The number of piperidine rings is 1. The number of likely N-dealkylation sites (tertiary alicyclic amines) is 1. The predicted octanol–water partition coefficient (Wildman–Crippen LogP) is 2.38. The van der Waals surface area contributed by atoms with Gasteiger partial charge in [0.2, 0.25) is 0 Å². The first-order chi connectivity index (χ1) is 9.58. The Hall–Kier alpha value is -0.900. The summed E-state index contributed by atoms with van der Waals surface area (Å²) in [6.07, 6.45) is 2.18. The number of likely N-dealkylation sites (N-methyl/N-ethyl adjacent to an activating group) is 2. The average molecular weight is 276 g/mol. The number of benzene rings is 1. The summed E-state index contributed by atoms with van der Waals surface area (Å²) in [6.45, 7) is 5.44. The lowest BCUT2D eigenvalue weighted by molar-refractivity contribution is 0.0659. The molecule has 0 radical (unpaired) electrons. The summed E-state index contributed by atoms with van der Waals surface area (Å²) < 4.78 is 0. The molecule has 112 valence electrons. The summed E-state index contributed by atoms with van der Waals surface area (Å²) in [4.78, 5) is 4.83. The minimum Gasteiger partial charge on any atom is -0.388 e. The molecule has 0 aliphatic carbocycles. The second-order valence-corrected chi connectivity index (χ2v) is 6.33. The van der Waals surface area contributed by atoms with E-state index < -0.39 is 0 Å². The topological polar surface area (TPSA) is 26.7 Å². The molecule has 2 rings (SSSR count). The summed E-state index contributed by atoms with van der Waals surface area (Å²) in [5, 5.41) is 10.5. The van der Waals surface area contributed by atoms with Gasteiger partial charge in [0.05, 0.1) is 6.10 Å². The molecule has 1 fully saturated rings. The Morgan fingerprint density at radius 3 is 2.70 bits per heavy atom. The zero-order valence-electron chi connectivity index (χ0n) is 13.0. The van der Waals surface area contributed by atoms with Crippen molar-refractivity contribution in [1.82, 2.24) is 9.80 Å². The van der Waals surface area contributed by atoms with Gasteiger partial charge in [-0.3, -0.25) is 0 Å². The third-order valence-electron chi connectivity index (χ3n) is 4.48. The van der Waals surface area contributed by atoms with Crippen LogP contribution in [0.4, 0.5) is 0 Å². The van der Waals surface area contributed by atoms with Crippen molar-refractivity contribution in [2.75, 3.05) is 33.7 Å². The van der Waals surface area contributed by atoms with Crippen LogP contribution in [0, 0.1) is 5.92 Å². The van der Waals surface area contributed by atoms with E-state index in [1.54, 1.807) is 0 Å². The van der Waals surface area contributed by atoms with Crippen molar-refractivity contribution >= 4 is 0 Å². The van der Waals surface area contributed by atoms with E-state index in [-0.39, 0.29) is 12.0 Å². The summed E-state index contributed by atoms with van der Waals surface area (Å²) in [5.74, 6) is 0.245. The maximum Gasteiger partial charge on any atom is 0.0827 e. The molecule has 1 aromatic carbocycles. The lowest BCUT2D eigenvalue weighted by Gasteiger charge is -2.37. The average Bonchev–Trinajstić information content (AvgIpc) is 2.47. The molecule has 0 spiro atoms. The van der Waals surface area contributed by atoms with Crippen molar-refractivity contribution < 1.29 is 5.11 Å². The number of aliphatic hydroxyl groups is 1. The Labute approximate surface area is 123 Å². The molecule has 0 saturated carbocycles. The molecular formula is C17H28N2O. The van der Waals surface area contributed by atoms with Crippen molar-refractivity contribution in [3.05, 3.63) is 35.9 Å². The van der Waals surface area contributed by atoms with Crippen LogP contribution in [0.15, 0.2) is 30.3 Å². The molecule has 3 heteroatoms. The van der Waals surface area contributed by atoms with E-state index in [2.05, 4.69) is 30.8 Å². The van der Waals surface area contributed by atoms with Crippen molar-refractivity contribution in [3.8, 4) is 0 Å². The molecule has 1 aliphatic heterocycles. The zero-order chi connectivity index (χ0) is 14.5. The van der Waals surface area contributed by atoms with Gasteiger partial charge >= 0.3 is 0 Å². The lowest BCUT2D eigenvalue weighted by Crippen LogP contribution is -2.46. The van der Waals surface area contributed by atoms with Gasteiger partial charge < -0.3 is 14.9 Å². The van der Waals surface area contributed by atoms with Gasteiger partial charge in [0.25, 0.3) is 0 Å². The highest BCUT2D eigenvalue weighted by molar-refractivity contribution is 5.17. The van der Waals surface area contributed by atoms with E-state index >= 15 is 0 Å². The number of rotatable bonds is 5. The molecule has 20 heavy (non-hydrogen) atoms. The molecule has 0 aromatic heterocycles. The summed E-state index contributed by atoms with van der Waals surface area (Å²) in [6, 6.07) is 10.6. The number of hydrogen-bond acceptors (Lipinski definition) is 3. The smallest absolute Gasteiger partial charge is 0.0827 e. The quantitative estimate of drug-likeness (QED) is 0.894. The van der Waals surface area contributed by atoms with E-state index in [0.717, 1.165) is 18.7 Å². The third-order valence-corrected chi connectivity index (χ3v) is 4.48. The van der Waals surface area contributed by atoms with Gasteiger partial charge in [0.1, 0.15) is 0 Å². The van der Waals surface area contributed by atoms with Crippen LogP contribution in [0.1, 0.15) is 31.4 Å². The number of hydrogen-bond donors (Lipinski definition) is 1. The van der Waals surface area contributed by atoms with Crippen LogP contribution >= 0.6 is 0 Å². The van der Waals surface area contributed by atoms with Gasteiger partial charge in [-0.15, -0.1) is 0 Å². The van der Waals surface area contributed by atoms with Crippen LogP contribution in [0.5, 0.6) is 0 Å². The molecule has 3 unspecified atom stereocenters. The zero-order valence-corrected chi connectivity index (χ0v) is 13.0.